The Morgan fingerprint density at radius 3 is 2.62 bits per heavy atom. The lowest BCUT2D eigenvalue weighted by Gasteiger charge is -2.41. The average molecular weight is 287 g/mol. The molecule has 3 rings (SSSR count). The van der Waals surface area contributed by atoms with Crippen molar-refractivity contribution in [2.45, 2.75) is 31.3 Å². The van der Waals surface area contributed by atoms with Crippen molar-refractivity contribution >= 4 is 5.91 Å². The molecular formula is C17H25N3O. The van der Waals surface area contributed by atoms with Gasteiger partial charge in [0.05, 0.1) is 6.04 Å². The zero-order valence-corrected chi connectivity index (χ0v) is 12.7. The minimum atomic E-state index is 0.134. The number of nitrogens with zero attached hydrogens (tertiary/aromatic N) is 2. The zero-order chi connectivity index (χ0) is 14.8. The molecule has 2 fully saturated rings. The predicted octanol–water partition coefficient (Wildman–Crippen LogP) is 1.63. The monoisotopic (exact) mass is 287 g/mol. The Hall–Kier alpha value is -1.39. The Balaban J connectivity index is 1.79. The van der Waals surface area contributed by atoms with Gasteiger partial charge < -0.3 is 15.5 Å². The molecule has 4 nitrogen and oxygen atoms in total. The van der Waals surface area contributed by atoms with E-state index in [1.54, 1.807) is 0 Å². The van der Waals surface area contributed by atoms with Crippen molar-refractivity contribution in [2.24, 2.45) is 11.7 Å². The molecule has 4 heteroatoms. The van der Waals surface area contributed by atoms with E-state index in [1.165, 1.54) is 5.56 Å². The van der Waals surface area contributed by atoms with E-state index >= 15 is 0 Å². The lowest BCUT2D eigenvalue weighted by molar-refractivity contribution is -0.140. The first-order chi connectivity index (χ1) is 10.1. The van der Waals surface area contributed by atoms with Crippen molar-refractivity contribution in [2.75, 3.05) is 26.7 Å². The standard InChI is InChI=1S/C17H25N3O/c1-19-9-10-20(17(21)14-7-8-15(18)11-14)16(12-19)13-5-3-2-4-6-13/h2-6,14-16H,7-12,18H2,1H3. The molecule has 3 atom stereocenters. The number of carbonyl (C=O) groups is 1. The molecule has 1 aliphatic carbocycles. The van der Waals surface area contributed by atoms with Gasteiger partial charge in [0.1, 0.15) is 0 Å². The number of piperazine rings is 1. The van der Waals surface area contributed by atoms with Gasteiger partial charge in [-0.25, -0.2) is 0 Å². The molecule has 21 heavy (non-hydrogen) atoms. The van der Waals surface area contributed by atoms with Crippen LogP contribution in [0, 0.1) is 5.92 Å². The normalized spacial score (nSPS) is 30.6. The molecule has 0 radical (unpaired) electrons. The number of benzene rings is 1. The van der Waals surface area contributed by atoms with Crippen LogP contribution in [0.25, 0.3) is 0 Å². The summed E-state index contributed by atoms with van der Waals surface area (Å²) >= 11 is 0. The highest BCUT2D eigenvalue weighted by Gasteiger charge is 2.36. The minimum absolute atomic E-state index is 0.134. The van der Waals surface area contributed by atoms with E-state index in [2.05, 4.69) is 41.1 Å². The first-order valence-corrected chi connectivity index (χ1v) is 7.94. The van der Waals surface area contributed by atoms with Crippen molar-refractivity contribution < 1.29 is 4.79 Å². The summed E-state index contributed by atoms with van der Waals surface area (Å²) in [6, 6.07) is 10.8. The van der Waals surface area contributed by atoms with Gasteiger partial charge in [-0.2, -0.15) is 0 Å². The molecule has 3 unspecified atom stereocenters. The number of carbonyl (C=O) groups excluding carboxylic acids is 1. The maximum Gasteiger partial charge on any atom is 0.226 e. The minimum Gasteiger partial charge on any atom is -0.333 e. The van der Waals surface area contributed by atoms with Crippen LogP contribution in [0.5, 0.6) is 0 Å². The summed E-state index contributed by atoms with van der Waals surface area (Å²) in [5.41, 5.74) is 7.22. The number of hydrogen-bond donors (Lipinski definition) is 1. The predicted molar refractivity (Wildman–Crippen MR) is 83.7 cm³/mol. The van der Waals surface area contributed by atoms with Crippen LogP contribution < -0.4 is 5.73 Å². The lowest BCUT2D eigenvalue weighted by Crippen LogP contribution is -2.50. The van der Waals surface area contributed by atoms with Gasteiger partial charge in [0.25, 0.3) is 0 Å². The lowest BCUT2D eigenvalue weighted by atomic mass is 9.98. The van der Waals surface area contributed by atoms with Crippen molar-refractivity contribution in [3.8, 4) is 0 Å². The topological polar surface area (TPSA) is 49.6 Å². The summed E-state index contributed by atoms with van der Waals surface area (Å²) in [5, 5.41) is 0. The van der Waals surface area contributed by atoms with E-state index in [0.29, 0.717) is 5.91 Å². The Labute approximate surface area is 126 Å². The highest BCUT2D eigenvalue weighted by Crippen LogP contribution is 2.31. The largest absolute Gasteiger partial charge is 0.333 e. The highest BCUT2D eigenvalue weighted by atomic mass is 16.2. The van der Waals surface area contributed by atoms with Crippen LogP contribution in [-0.4, -0.2) is 48.4 Å². The first-order valence-electron chi connectivity index (χ1n) is 7.94. The molecule has 1 aromatic rings. The third-order valence-corrected chi connectivity index (χ3v) is 4.87. The van der Waals surface area contributed by atoms with Gasteiger partial charge in [-0.3, -0.25) is 4.79 Å². The number of rotatable bonds is 2. The fraction of sp³-hybridized carbons (Fsp3) is 0.588. The summed E-state index contributed by atoms with van der Waals surface area (Å²) in [6.07, 6.45) is 2.79. The third-order valence-electron chi connectivity index (χ3n) is 4.87. The van der Waals surface area contributed by atoms with Crippen LogP contribution >= 0.6 is 0 Å². The fourth-order valence-electron chi connectivity index (χ4n) is 3.62. The van der Waals surface area contributed by atoms with Crippen molar-refractivity contribution in [3.63, 3.8) is 0 Å². The SMILES string of the molecule is CN1CCN(C(=O)C2CCC(N)C2)C(c2ccccc2)C1. The molecule has 1 aromatic carbocycles. The number of likely N-dealkylation sites (N-methyl/N-ethyl adjacent to an activating group) is 1. The van der Waals surface area contributed by atoms with Gasteiger partial charge in [-0.05, 0) is 31.9 Å². The molecule has 1 saturated carbocycles. The summed E-state index contributed by atoms with van der Waals surface area (Å²) in [5.74, 6) is 0.444. The zero-order valence-electron chi connectivity index (χ0n) is 12.7. The second kappa shape index (κ2) is 6.16. The van der Waals surface area contributed by atoms with Crippen LogP contribution in [0.2, 0.25) is 0 Å². The smallest absolute Gasteiger partial charge is 0.226 e. The van der Waals surface area contributed by atoms with Gasteiger partial charge in [0.2, 0.25) is 5.91 Å². The van der Waals surface area contributed by atoms with E-state index < -0.39 is 0 Å². The van der Waals surface area contributed by atoms with Crippen LogP contribution in [0.15, 0.2) is 30.3 Å². The van der Waals surface area contributed by atoms with Crippen molar-refractivity contribution in [1.29, 1.82) is 0 Å². The van der Waals surface area contributed by atoms with Gasteiger partial charge in [-0.15, -0.1) is 0 Å². The molecule has 114 valence electrons. The van der Waals surface area contributed by atoms with Gasteiger partial charge in [0, 0.05) is 31.6 Å². The third kappa shape index (κ3) is 3.11. The molecule has 2 aliphatic rings. The van der Waals surface area contributed by atoms with E-state index in [0.717, 1.165) is 38.9 Å². The van der Waals surface area contributed by atoms with Crippen LogP contribution in [-0.2, 0) is 4.79 Å². The summed E-state index contributed by atoms with van der Waals surface area (Å²) in [6.45, 7) is 2.68. The van der Waals surface area contributed by atoms with Crippen LogP contribution in [0.4, 0.5) is 0 Å². The number of nitrogens with two attached hydrogens (primary N) is 1. The molecule has 0 bridgehead atoms. The first kappa shape index (κ1) is 14.5. The Bertz CT molecular complexity index is 490. The molecular weight excluding hydrogens is 262 g/mol. The highest BCUT2D eigenvalue weighted by molar-refractivity contribution is 5.80. The number of amides is 1. The van der Waals surface area contributed by atoms with Crippen molar-refractivity contribution in [3.05, 3.63) is 35.9 Å². The number of hydrogen-bond acceptors (Lipinski definition) is 3. The van der Waals surface area contributed by atoms with Gasteiger partial charge >= 0.3 is 0 Å². The second-order valence-corrected chi connectivity index (χ2v) is 6.49. The second-order valence-electron chi connectivity index (χ2n) is 6.49. The molecule has 2 N–H and O–H groups in total. The Kier molecular flexibility index (Phi) is 4.27. The summed E-state index contributed by atoms with van der Waals surface area (Å²) in [7, 11) is 2.13. The fourth-order valence-corrected chi connectivity index (χ4v) is 3.62. The molecule has 1 aliphatic heterocycles. The maximum atomic E-state index is 12.9. The molecule has 1 amide bonds. The van der Waals surface area contributed by atoms with Crippen LogP contribution in [0.3, 0.4) is 0 Å². The molecule has 0 spiro atoms. The van der Waals surface area contributed by atoms with Crippen LogP contribution in [0.1, 0.15) is 30.9 Å². The summed E-state index contributed by atoms with van der Waals surface area (Å²) < 4.78 is 0. The van der Waals surface area contributed by atoms with Gasteiger partial charge in [0.15, 0.2) is 0 Å². The summed E-state index contributed by atoms with van der Waals surface area (Å²) in [4.78, 5) is 17.3. The Morgan fingerprint density at radius 2 is 1.95 bits per heavy atom. The Morgan fingerprint density at radius 1 is 1.19 bits per heavy atom. The van der Waals surface area contributed by atoms with E-state index in [1.807, 2.05) is 6.07 Å². The average Bonchev–Trinajstić information content (AvgIpc) is 2.94. The molecule has 0 aromatic heterocycles. The van der Waals surface area contributed by atoms with Crippen molar-refractivity contribution in [1.82, 2.24) is 9.80 Å². The van der Waals surface area contributed by atoms with Gasteiger partial charge in [-0.1, -0.05) is 30.3 Å². The van der Waals surface area contributed by atoms with E-state index in [-0.39, 0.29) is 18.0 Å². The van der Waals surface area contributed by atoms with E-state index in [4.69, 9.17) is 5.73 Å². The van der Waals surface area contributed by atoms with E-state index in [9.17, 15) is 4.79 Å². The molecule has 1 saturated heterocycles. The maximum absolute atomic E-state index is 12.9. The quantitative estimate of drug-likeness (QED) is 0.899. The molecule has 1 heterocycles.